The van der Waals surface area contributed by atoms with Gasteiger partial charge >= 0.3 is 0 Å². The van der Waals surface area contributed by atoms with E-state index in [0.29, 0.717) is 0 Å². The molecule has 9 heteroatoms. The summed E-state index contributed by atoms with van der Waals surface area (Å²) in [7, 11) is 0. The lowest BCUT2D eigenvalue weighted by Gasteiger charge is -2.35. The number of halogens is 7. The fourth-order valence-electron chi connectivity index (χ4n) is 3.22. The van der Waals surface area contributed by atoms with Crippen LogP contribution in [0.25, 0.3) is 0 Å². The maximum atomic E-state index is 12.2. The Balaban J connectivity index is 2.27. The molecule has 7 atom stereocenters. The molecule has 3 aliphatic rings. The number of carbonyl (C=O) groups is 1. The quantitative estimate of drug-likeness (QED) is 0.587. The molecule has 18 heavy (non-hydrogen) atoms. The molecule has 2 unspecified atom stereocenters. The van der Waals surface area contributed by atoms with Gasteiger partial charge in [0.15, 0.2) is 10.1 Å². The molecule has 1 heterocycles. The molecule has 2 nitrogen and oxygen atoms in total. The Labute approximate surface area is 138 Å². The minimum atomic E-state index is -1.76. The molecule has 102 valence electrons. The van der Waals surface area contributed by atoms with Crippen LogP contribution >= 0.6 is 81.2 Å². The van der Waals surface area contributed by atoms with E-state index in [-0.39, 0.29) is 0 Å². The highest BCUT2D eigenvalue weighted by molar-refractivity contribution is 6.67. The topological polar surface area (TPSA) is 26.3 Å². The third kappa shape index (κ3) is 1.21. The van der Waals surface area contributed by atoms with E-state index in [1.807, 2.05) is 0 Å². The number of fused-ring (bicyclic) bond motifs is 5. The van der Waals surface area contributed by atoms with Crippen molar-refractivity contribution in [1.29, 1.82) is 0 Å². The number of ether oxygens (including phenoxy) is 1. The van der Waals surface area contributed by atoms with Crippen LogP contribution in [0, 0.1) is 11.8 Å². The molecule has 0 radical (unpaired) electrons. The third-order valence-corrected chi connectivity index (χ3v) is 8.54. The summed E-state index contributed by atoms with van der Waals surface area (Å²) >= 11 is 43.5. The first kappa shape index (κ1) is 14.6. The normalized spacial score (nSPS) is 61.3. The number of carbonyl (C=O) groups excluding carboxylic acids is 1. The number of Topliss-reactive ketones (excluding diaryl/α,β-unsaturated/α-hetero) is 1. The van der Waals surface area contributed by atoms with Gasteiger partial charge in [-0.05, 0) is 0 Å². The number of hydrogen-bond acceptors (Lipinski definition) is 2. The summed E-state index contributed by atoms with van der Waals surface area (Å²) < 4.78 is 3.51. The lowest BCUT2D eigenvalue weighted by Crippen LogP contribution is -2.51. The monoisotopic (exact) mass is 390 g/mol. The van der Waals surface area contributed by atoms with Crippen LogP contribution in [-0.4, -0.2) is 36.4 Å². The molecule has 2 aliphatic carbocycles. The Morgan fingerprint density at radius 2 is 1.44 bits per heavy atom. The Morgan fingerprint density at radius 1 is 0.944 bits per heavy atom. The van der Waals surface area contributed by atoms with Crippen LogP contribution in [-0.2, 0) is 9.53 Å². The fraction of sp³-hybridized carbons (Fsp3) is 0.889. The van der Waals surface area contributed by atoms with E-state index in [4.69, 9.17) is 85.9 Å². The van der Waals surface area contributed by atoms with Gasteiger partial charge in [-0.1, -0.05) is 46.4 Å². The lowest BCUT2D eigenvalue weighted by molar-refractivity contribution is -0.122. The van der Waals surface area contributed by atoms with Crippen LogP contribution < -0.4 is 0 Å². The molecule has 3 rings (SSSR count). The molecule has 0 spiro atoms. The minimum Gasteiger partial charge on any atom is -0.343 e. The summed E-state index contributed by atoms with van der Waals surface area (Å²) in [4.78, 5) is 9.04. The molecule has 0 aromatic carbocycles. The number of hydrogen-bond donors (Lipinski definition) is 0. The van der Waals surface area contributed by atoms with Crippen LogP contribution in [0.5, 0.6) is 0 Å². The van der Waals surface area contributed by atoms with Gasteiger partial charge in [-0.15, -0.1) is 34.8 Å². The average molecular weight is 393 g/mol. The summed E-state index contributed by atoms with van der Waals surface area (Å²) in [5, 5.41) is -1.14. The summed E-state index contributed by atoms with van der Waals surface area (Å²) in [5.74, 6) is -1.82. The van der Waals surface area contributed by atoms with Crippen molar-refractivity contribution >= 4 is 87.0 Å². The molecular weight excluding hydrogens is 388 g/mol. The van der Waals surface area contributed by atoms with Gasteiger partial charge in [0, 0.05) is 11.8 Å². The zero-order chi connectivity index (χ0) is 13.7. The number of ketones is 1. The van der Waals surface area contributed by atoms with Crippen molar-refractivity contribution < 1.29 is 9.53 Å². The standard InChI is InChI=1S/C9H5Cl7O2/c10-3-4(17)8(14)2-1(5(11)18-6(2)12)7(3,13)9(8,15)16/h1-3,5-6H/t1-,2+,3-,5?,6?,7+,8-/m0/s1. The van der Waals surface area contributed by atoms with E-state index >= 15 is 0 Å². The van der Waals surface area contributed by atoms with Gasteiger partial charge in [-0.25, -0.2) is 0 Å². The van der Waals surface area contributed by atoms with E-state index in [1.54, 1.807) is 0 Å². The molecule has 1 aliphatic heterocycles. The van der Waals surface area contributed by atoms with Crippen molar-refractivity contribution in [3.8, 4) is 0 Å². The van der Waals surface area contributed by atoms with E-state index in [1.165, 1.54) is 0 Å². The summed E-state index contributed by atoms with van der Waals surface area (Å²) in [6.07, 6.45) is 0. The van der Waals surface area contributed by atoms with Gasteiger partial charge in [0.25, 0.3) is 0 Å². The predicted octanol–water partition coefficient (Wildman–Crippen LogP) is 3.71. The van der Waals surface area contributed by atoms with Gasteiger partial charge in [0.1, 0.15) is 26.3 Å². The first-order valence-corrected chi connectivity index (χ1v) is 7.81. The predicted molar refractivity (Wildman–Crippen MR) is 73.6 cm³/mol. The Morgan fingerprint density at radius 3 is 2.00 bits per heavy atom. The molecule has 0 aromatic heterocycles. The maximum Gasteiger partial charge on any atom is 0.177 e. The zero-order valence-corrected chi connectivity index (χ0v) is 13.6. The van der Waals surface area contributed by atoms with Crippen LogP contribution in [0.4, 0.5) is 0 Å². The second-order valence-corrected chi connectivity index (χ2v) is 8.52. The second kappa shape index (κ2) is 3.89. The Kier molecular flexibility index (Phi) is 3.16. The highest BCUT2D eigenvalue weighted by atomic mass is 35.5. The third-order valence-electron chi connectivity index (χ3n) is 4.05. The number of rotatable bonds is 0. The Hall–Kier alpha value is 1.66. The van der Waals surface area contributed by atoms with Crippen LogP contribution in [0.1, 0.15) is 0 Å². The molecule has 2 saturated carbocycles. The first-order valence-electron chi connectivity index (χ1n) is 4.99. The average Bonchev–Trinajstić information content (AvgIpc) is 2.68. The maximum absolute atomic E-state index is 12.2. The molecule has 1 saturated heterocycles. The zero-order valence-electron chi connectivity index (χ0n) is 8.35. The smallest absolute Gasteiger partial charge is 0.177 e. The van der Waals surface area contributed by atoms with E-state index in [0.717, 1.165) is 0 Å². The number of alkyl halides is 7. The highest BCUT2D eigenvalue weighted by Gasteiger charge is 2.89. The summed E-state index contributed by atoms with van der Waals surface area (Å²) in [6, 6.07) is 0. The van der Waals surface area contributed by atoms with E-state index in [9.17, 15) is 4.79 Å². The van der Waals surface area contributed by atoms with Crippen LogP contribution in [0.3, 0.4) is 0 Å². The SMILES string of the molecule is O=C1[C@H](Cl)[C@]2(Cl)[C@@H]3C(Cl)OC(Cl)[C@@H]3[C@@]1(Cl)C2(Cl)Cl. The van der Waals surface area contributed by atoms with Crippen LogP contribution in [0.2, 0.25) is 0 Å². The fourth-order valence-corrected chi connectivity index (χ4v) is 6.94. The van der Waals surface area contributed by atoms with Crippen molar-refractivity contribution in [1.82, 2.24) is 0 Å². The summed E-state index contributed by atoms with van der Waals surface area (Å²) in [6.45, 7) is 0. The largest absolute Gasteiger partial charge is 0.343 e. The van der Waals surface area contributed by atoms with Gasteiger partial charge in [-0.2, -0.15) is 0 Å². The van der Waals surface area contributed by atoms with Gasteiger partial charge < -0.3 is 4.74 Å². The lowest BCUT2D eigenvalue weighted by atomic mass is 9.79. The first-order chi connectivity index (χ1) is 8.11. The minimum absolute atomic E-state index is 0.535. The molecule has 0 N–H and O–H groups in total. The highest BCUT2D eigenvalue weighted by Crippen LogP contribution is 2.76. The van der Waals surface area contributed by atoms with E-state index in [2.05, 4.69) is 0 Å². The van der Waals surface area contributed by atoms with Gasteiger partial charge in [-0.3, -0.25) is 4.79 Å². The van der Waals surface area contributed by atoms with Crippen molar-refractivity contribution in [2.24, 2.45) is 11.8 Å². The van der Waals surface area contributed by atoms with Crippen molar-refractivity contribution in [3.63, 3.8) is 0 Å². The van der Waals surface area contributed by atoms with E-state index < -0.39 is 48.2 Å². The molecule has 3 fully saturated rings. The van der Waals surface area contributed by atoms with Crippen molar-refractivity contribution in [2.45, 2.75) is 30.6 Å². The van der Waals surface area contributed by atoms with Crippen molar-refractivity contribution in [2.75, 3.05) is 0 Å². The molecule has 0 aromatic rings. The van der Waals surface area contributed by atoms with Gasteiger partial charge in [0.05, 0.1) is 0 Å². The van der Waals surface area contributed by atoms with Crippen molar-refractivity contribution in [3.05, 3.63) is 0 Å². The molecule has 2 bridgehead atoms. The second-order valence-electron chi connectivity index (χ2n) is 4.67. The Bertz CT molecular complexity index is 443. The summed E-state index contributed by atoms with van der Waals surface area (Å²) in [5.41, 5.74) is -1.73. The van der Waals surface area contributed by atoms with Crippen LogP contribution in [0.15, 0.2) is 0 Å². The molecule has 0 amide bonds. The van der Waals surface area contributed by atoms with Gasteiger partial charge in [0.2, 0.25) is 0 Å². The molecular formula is C9H5Cl7O2.